The van der Waals surface area contributed by atoms with Crippen molar-refractivity contribution in [3.05, 3.63) is 53.2 Å². The molecule has 3 aromatic heterocycles. The van der Waals surface area contributed by atoms with E-state index >= 15 is 0 Å². The molecule has 9 heteroatoms. The van der Waals surface area contributed by atoms with E-state index in [-0.39, 0.29) is 11.5 Å². The Morgan fingerprint density at radius 2 is 1.78 bits per heavy atom. The maximum atomic E-state index is 12.9. The fraction of sp³-hybridized carbons (Fsp3) is 0.435. The van der Waals surface area contributed by atoms with Crippen LogP contribution in [0.25, 0.3) is 5.69 Å². The Labute approximate surface area is 189 Å². The third kappa shape index (κ3) is 6.76. The molecule has 0 aromatic carbocycles. The lowest BCUT2D eigenvalue weighted by Gasteiger charge is -2.10. The number of carboxylic acid groups (broad SMARTS) is 1. The highest BCUT2D eigenvalue weighted by molar-refractivity contribution is 6.06. The van der Waals surface area contributed by atoms with Gasteiger partial charge in [0.15, 0.2) is 5.82 Å². The van der Waals surface area contributed by atoms with Crippen LogP contribution < -0.4 is 5.32 Å². The number of nitrogens with zero attached hydrogens (tertiary/aromatic N) is 5. The summed E-state index contributed by atoms with van der Waals surface area (Å²) in [5, 5.41) is 20.2. The van der Waals surface area contributed by atoms with Gasteiger partial charge >= 0.3 is 5.97 Å². The first-order valence-corrected chi connectivity index (χ1v) is 10.8. The molecule has 0 saturated carbocycles. The molecule has 0 radical (unpaired) electrons. The lowest BCUT2D eigenvalue weighted by atomic mass is 10.1. The van der Waals surface area contributed by atoms with Crippen LogP contribution in [-0.2, 0) is 13.5 Å². The molecule has 0 fully saturated rings. The monoisotopic (exact) mass is 442 g/mol. The van der Waals surface area contributed by atoms with Gasteiger partial charge in [-0.3, -0.25) is 14.5 Å². The molecular weight excluding hydrogens is 408 g/mol. The van der Waals surface area contributed by atoms with Gasteiger partial charge in [-0.1, -0.05) is 41.5 Å². The summed E-state index contributed by atoms with van der Waals surface area (Å²) in [6.07, 6.45) is 6.13. The molecule has 0 saturated heterocycles. The Morgan fingerprint density at radius 3 is 2.34 bits per heavy atom. The minimum absolute atomic E-state index is 0.0214. The molecule has 0 spiro atoms. The second-order valence-corrected chi connectivity index (χ2v) is 7.03. The second kappa shape index (κ2) is 12.4. The van der Waals surface area contributed by atoms with Crippen molar-refractivity contribution in [3.63, 3.8) is 0 Å². The summed E-state index contributed by atoms with van der Waals surface area (Å²) in [6, 6.07) is 2.97. The largest absolute Gasteiger partial charge is 0.477 e. The highest BCUT2D eigenvalue weighted by atomic mass is 16.4. The van der Waals surface area contributed by atoms with Crippen LogP contribution in [0.3, 0.4) is 0 Å². The van der Waals surface area contributed by atoms with Crippen molar-refractivity contribution in [3.8, 4) is 5.69 Å². The molecule has 3 rings (SSSR count). The van der Waals surface area contributed by atoms with Crippen LogP contribution in [0.4, 0.5) is 5.82 Å². The molecule has 174 valence electrons. The molecule has 9 nitrogen and oxygen atoms in total. The number of carbonyl (C=O) groups is 2. The highest BCUT2D eigenvalue weighted by Gasteiger charge is 2.18. The van der Waals surface area contributed by atoms with Crippen LogP contribution in [0.1, 0.15) is 73.6 Å². The molecule has 1 amide bonds. The molecular formula is C23H34N6O3. The smallest absolute Gasteiger partial charge is 0.354 e. The van der Waals surface area contributed by atoms with Crippen LogP contribution in [0.2, 0.25) is 0 Å². The molecule has 32 heavy (non-hydrogen) atoms. The van der Waals surface area contributed by atoms with Gasteiger partial charge in [-0.25, -0.2) is 9.48 Å². The van der Waals surface area contributed by atoms with E-state index in [9.17, 15) is 9.59 Å². The van der Waals surface area contributed by atoms with Crippen molar-refractivity contribution in [2.24, 2.45) is 13.0 Å². The maximum Gasteiger partial charge on any atom is 0.354 e. The second-order valence-electron chi connectivity index (χ2n) is 7.03. The third-order valence-corrected chi connectivity index (χ3v) is 4.13. The standard InChI is InChI=1S/C19H22N6O3.2C2H6/c1-11(2)5-13-8-21-25(10-13)16-9-20-12(3)6-14(16)18(26)22-17-7-15(19(27)28)24(4)23-17;2*1-2/h6-11H,5H2,1-4H3,(H,27,28)(H,22,23,26);2*1-2H3. The molecule has 3 aromatic rings. The number of hydrogen-bond donors (Lipinski definition) is 2. The summed E-state index contributed by atoms with van der Waals surface area (Å²) in [6.45, 7) is 14.0. The first kappa shape index (κ1) is 26.5. The minimum atomic E-state index is -1.12. The van der Waals surface area contributed by atoms with E-state index in [4.69, 9.17) is 5.11 Å². The summed E-state index contributed by atoms with van der Waals surface area (Å²) in [5.41, 5.74) is 2.63. The van der Waals surface area contributed by atoms with Crippen LogP contribution in [0.5, 0.6) is 0 Å². The Balaban J connectivity index is 0.00000121. The molecule has 0 atom stereocenters. The highest BCUT2D eigenvalue weighted by Crippen LogP contribution is 2.18. The molecule has 3 heterocycles. The molecule has 0 bridgehead atoms. The summed E-state index contributed by atoms with van der Waals surface area (Å²) < 4.78 is 2.82. The Hall–Kier alpha value is -3.49. The van der Waals surface area contributed by atoms with Crippen molar-refractivity contribution in [2.45, 2.75) is 54.9 Å². The number of aromatic carboxylic acids is 1. The summed E-state index contributed by atoms with van der Waals surface area (Å²) >= 11 is 0. The summed E-state index contributed by atoms with van der Waals surface area (Å²) in [7, 11) is 1.50. The van der Waals surface area contributed by atoms with E-state index in [2.05, 4.69) is 34.3 Å². The van der Waals surface area contributed by atoms with Gasteiger partial charge in [0.1, 0.15) is 5.69 Å². The maximum absolute atomic E-state index is 12.9. The van der Waals surface area contributed by atoms with Gasteiger partial charge in [0.05, 0.1) is 23.6 Å². The van der Waals surface area contributed by atoms with Crippen molar-refractivity contribution in [2.75, 3.05) is 5.32 Å². The van der Waals surface area contributed by atoms with Gasteiger partial charge in [0.25, 0.3) is 5.91 Å². The van der Waals surface area contributed by atoms with Crippen LogP contribution >= 0.6 is 0 Å². The predicted octanol–water partition coefficient (Wildman–Crippen LogP) is 4.51. The molecule has 2 N–H and O–H groups in total. The lowest BCUT2D eigenvalue weighted by Crippen LogP contribution is -2.16. The molecule has 0 aliphatic carbocycles. The fourth-order valence-electron chi connectivity index (χ4n) is 2.90. The number of carboxylic acids is 1. The first-order valence-electron chi connectivity index (χ1n) is 10.8. The topological polar surface area (TPSA) is 115 Å². The van der Waals surface area contributed by atoms with Gasteiger partial charge in [-0.05, 0) is 30.9 Å². The fourth-order valence-corrected chi connectivity index (χ4v) is 2.90. The average molecular weight is 443 g/mol. The minimum Gasteiger partial charge on any atom is -0.477 e. The van der Waals surface area contributed by atoms with Crippen molar-refractivity contribution in [1.29, 1.82) is 0 Å². The quantitative estimate of drug-likeness (QED) is 0.580. The molecule has 0 aliphatic rings. The number of hydrogen-bond acceptors (Lipinski definition) is 5. The third-order valence-electron chi connectivity index (χ3n) is 4.13. The van der Waals surface area contributed by atoms with E-state index in [1.807, 2.05) is 33.9 Å². The van der Waals surface area contributed by atoms with Crippen LogP contribution in [0.15, 0.2) is 30.7 Å². The zero-order valence-corrected chi connectivity index (χ0v) is 20.2. The number of aryl methyl sites for hydroxylation is 2. The number of nitrogens with one attached hydrogen (secondary N) is 1. The normalized spacial score (nSPS) is 10.0. The molecule has 0 unspecified atom stereocenters. The van der Waals surface area contributed by atoms with Crippen molar-refractivity contribution in [1.82, 2.24) is 24.5 Å². The number of amides is 1. The average Bonchev–Trinajstić information content (AvgIpc) is 3.36. The number of aromatic nitrogens is 5. The van der Waals surface area contributed by atoms with E-state index in [1.165, 1.54) is 17.8 Å². The van der Waals surface area contributed by atoms with Crippen LogP contribution in [-0.4, -0.2) is 41.5 Å². The first-order chi connectivity index (χ1) is 15.2. The SMILES string of the molecule is CC.CC.Cc1cc(C(=O)Nc2cc(C(=O)O)n(C)n2)c(-n2cc(CC(C)C)cn2)cn1. The van der Waals surface area contributed by atoms with Crippen molar-refractivity contribution < 1.29 is 14.7 Å². The van der Waals surface area contributed by atoms with Crippen molar-refractivity contribution >= 4 is 17.7 Å². The van der Waals surface area contributed by atoms with Gasteiger partial charge in [0.2, 0.25) is 0 Å². The van der Waals surface area contributed by atoms with E-state index < -0.39 is 11.9 Å². The van der Waals surface area contributed by atoms with E-state index in [1.54, 1.807) is 30.1 Å². The Bertz CT molecular complexity index is 1040. The van der Waals surface area contributed by atoms with Gasteiger partial charge < -0.3 is 10.4 Å². The Kier molecular flexibility index (Phi) is 10.3. The lowest BCUT2D eigenvalue weighted by molar-refractivity contribution is 0.0684. The number of pyridine rings is 1. The number of carbonyl (C=O) groups excluding carboxylic acids is 1. The summed E-state index contributed by atoms with van der Waals surface area (Å²) in [5.74, 6) is -0.892. The number of anilines is 1. The molecule has 0 aliphatic heterocycles. The van der Waals surface area contributed by atoms with Crippen LogP contribution in [0, 0.1) is 12.8 Å². The van der Waals surface area contributed by atoms with Gasteiger partial charge in [0, 0.05) is 25.0 Å². The zero-order chi connectivity index (χ0) is 24.4. The number of rotatable bonds is 6. The van der Waals surface area contributed by atoms with E-state index in [0.29, 0.717) is 22.9 Å². The van der Waals surface area contributed by atoms with Gasteiger partial charge in [-0.2, -0.15) is 10.2 Å². The predicted molar refractivity (Wildman–Crippen MR) is 125 cm³/mol. The van der Waals surface area contributed by atoms with Gasteiger partial charge in [-0.15, -0.1) is 0 Å². The Morgan fingerprint density at radius 1 is 1.12 bits per heavy atom. The summed E-state index contributed by atoms with van der Waals surface area (Å²) in [4.78, 5) is 28.3. The zero-order valence-electron chi connectivity index (χ0n) is 20.2. The van der Waals surface area contributed by atoms with E-state index in [0.717, 1.165) is 12.0 Å².